The Morgan fingerprint density at radius 2 is 1.89 bits per heavy atom. The number of aryl methyl sites for hydroxylation is 1. The summed E-state index contributed by atoms with van der Waals surface area (Å²) >= 11 is 3.38. The van der Waals surface area contributed by atoms with Gasteiger partial charge in [0.1, 0.15) is 12.4 Å². The van der Waals surface area contributed by atoms with Crippen LogP contribution in [0.5, 0.6) is 5.75 Å². The summed E-state index contributed by atoms with van der Waals surface area (Å²) in [4.78, 5) is 10.8. The summed E-state index contributed by atoms with van der Waals surface area (Å²) in [5.74, 6) is -0.226. The summed E-state index contributed by atoms with van der Waals surface area (Å²) in [6, 6.07) is 12.7. The van der Waals surface area contributed by atoms with E-state index in [-0.39, 0.29) is 5.56 Å². The fourth-order valence-electron chi connectivity index (χ4n) is 1.69. The lowest BCUT2D eigenvalue weighted by Crippen LogP contribution is -2.00. The van der Waals surface area contributed by atoms with Gasteiger partial charge in [-0.25, -0.2) is 4.79 Å². The smallest absolute Gasteiger partial charge is 0.335 e. The lowest BCUT2D eigenvalue weighted by atomic mass is 10.1. The maximum atomic E-state index is 10.8. The zero-order valence-electron chi connectivity index (χ0n) is 10.4. The van der Waals surface area contributed by atoms with E-state index in [0.29, 0.717) is 12.4 Å². The van der Waals surface area contributed by atoms with Crippen LogP contribution in [0, 0.1) is 6.92 Å². The monoisotopic (exact) mass is 320 g/mol. The summed E-state index contributed by atoms with van der Waals surface area (Å²) < 4.78 is 6.72. The molecule has 0 amide bonds. The number of rotatable bonds is 4. The maximum absolute atomic E-state index is 10.8. The van der Waals surface area contributed by atoms with E-state index in [4.69, 9.17) is 9.84 Å². The van der Waals surface area contributed by atoms with Gasteiger partial charge in [-0.2, -0.15) is 0 Å². The lowest BCUT2D eigenvalue weighted by Gasteiger charge is -2.09. The topological polar surface area (TPSA) is 46.5 Å². The standard InChI is InChI=1S/C15H13BrO3/c1-10-8-12(15(17)18)4-7-14(10)19-9-11-2-5-13(16)6-3-11/h2-8H,9H2,1H3,(H,17,18). The zero-order chi connectivity index (χ0) is 13.8. The average molecular weight is 321 g/mol. The van der Waals surface area contributed by atoms with Crippen molar-refractivity contribution in [3.63, 3.8) is 0 Å². The molecule has 0 atom stereocenters. The van der Waals surface area contributed by atoms with Crippen LogP contribution in [0.1, 0.15) is 21.5 Å². The zero-order valence-corrected chi connectivity index (χ0v) is 12.0. The lowest BCUT2D eigenvalue weighted by molar-refractivity contribution is 0.0696. The molecular formula is C15H13BrO3. The van der Waals surface area contributed by atoms with E-state index in [2.05, 4.69) is 15.9 Å². The molecule has 4 heteroatoms. The van der Waals surface area contributed by atoms with Crippen LogP contribution in [0.15, 0.2) is 46.9 Å². The molecule has 0 aliphatic rings. The Morgan fingerprint density at radius 3 is 2.47 bits per heavy atom. The van der Waals surface area contributed by atoms with Crippen LogP contribution in [0.3, 0.4) is 0 Å². The molecule has 0 aliphatic carbocycles. The van der Waals surface area contributed by atoms with Gasteiger partial charge in [0.15, 0.2) is 0 Å². The van der Waals surface area contributed by atoms with Crippen molar-refractivity contribution in [2.45, 2.75) is 13.5 Å². The van der Waals surface area contributed by atoms with Gasteiger partial charge in [0.05, 0.1) is 5.56 Å². The van der Waals surface area contributed by atoms with Crippen molar-refractivity contribution < 1.29 is 14.6 Å². The molecule has 0 aromatic heterocycles. The highest BCUT2D eigenvalue weighted by atomic mass is 79.9. The molecule has 0 aliphatic heterocycles. The number of hydrogen-bond acceptors (Lipinski definition) is 2. The first-order valence-electron chi connectivity index (χ1n) is 5.77. The van der Waals surface area contributed by atoms with E-state index in [1.807, 2.05) is 31.2 Å². The molecule has 2 rings (SSSR count). The maximum Gasteiger partial charge on any atom is 0.335 e. The van der Waals surface area contributed by atoms with Gasteiger partial charge < -0.3 is 9.84 Å². The molecular weight excluding hydrogens is 308 g/mol. The number of carbonyl (C=O) groups is 1. The van der Waals surface area contributed by atoms with E-state index in [1.165, 1.54) is 0 Å². The minimum Gasteiger partial charge on any atom is -0.489 e. The van der Waals surface area contributed by atoms with E-state index in [1.54, 1.807) is 18.2 Å². The molecule has 0 unspecified atom stereocenters. The van der Waals surface area contributed by atoms with Gasteiger partial charge in [-0.3, -0.25) is 0 Å². The minimum atomic E-state index is -0.928. The van der Waals surface area contributed by atoms with Crippen LogP contribution in [0.25, 0.3) is 0 Å². The summed E-state index contributed by atoms with van der Waals surface area (Å²) in [7, 11) is 0. The number of halogens is 1. The molecule has 98 valence electrons. The molecule has 2 aromatic rings. The van der Waals surface area contributed by atoms with Gasteiger partial charge in [-0.1, -0.05) is 28.1 Å². The number of carboxylic acids is 1. The van der Waals surface area contributed by atoms with E-state index in [9.17, 15) is 4.79 Å². The first-order valence-corrected chi connectivity index (χ1v) is 6.57. The third-order valence-corrected chi connectivity index (χ3v) is 3.26. The molecule has 19 heavy (non-hydrogen) atoms. The highest BCUT2D eigenvalue weighted by Crippen LogP contribution is 2.21. The highest BCUT2D eigenvalue weighted by molar-refractivity contribution is 9.10. The number of carboxylic acid groups (broad SMARTS) is 1. The summed E-state index contributed by atoms with van der Waals surface area (Å²) in [5, 5.41) is 8.89. The molecule has 0 heterocycles. The largest absolute Gasteiger partial charge is 0.489 e. The van der Waals surface area contributed by atoms with Crippen LogP contribution in [-0.4, -0.2) is 11.1 Å². The summed E-state index contributed by atoms with van der Waals surface area (Å²) in [5.41, 5.74) is 2.15. The number of benzene rings is 2. The third-order valence-electron chi connectivity index (χ3n) is 2.73. The van der Waals surface area contributed by atoms with Crippen molar-refractivity contribution in [1.82, 2.24) is 0 Å². The quantitative estimate of drug-likeness (QED) is 0.924. The van der Waals surface area contributed by atoms with Crippen molar-refractivity contribution in [2.75, 3.05) is 0 Å². The summed E-state index contributed by atoms with van der Waals surface area (Å²) in [6.07, 6.45) is 0. The van der Waals surface area contributed by atoms with Gasteiger partial charge in [0.25, 0.3) is 0 Å². The second-order valence-electron chi connectivity index (χ2n) is 4.20. The van der Waals surface area contributed by atoms with E-state index >= 15 is 0 Å². The number of aromatic carboxylic acids is 1. The van der Waals surface area contributed by atoms with E-state index < -0.39 is 5.97 Å². The molecule has 0 fully saturated rings. The average Bonchev–Trinajstić information content (AvgIpc) is 2.39. The van der Waals surface area contributed by atoms with Crippen molar-refractivity contribution in [1.29, 1.82) is 0 Å². The van der Waals surface area contributed by atoms with Gasteiger partial charge in [0, 0.05) is 4.47 Å². The van der Waals surface area contributed by atoms with Gasteiger partial charge in [-0.05, 0) is 48.4 Å². The minimum absolute atomic E-state index is 0.272. The second-order valence-corrected chi connectivity index (χ2v) is 5.12. The second kappa shape index (κ2) is 5.89. The van der Waals surface area contributed by atoms with Gasteiger partial charge >= 0.3 is 5.97 Å². The SMILES string of the molecule is Cc1cc(C(=O)O)ccc1OCc1ccc(Br)cc1. The van der Waals surface area contributed by atoms with E-state index in [0.717, 1.165) is 15.6 Å². The van der Waals surface area contributed by atoms with Crippen molar-refractivity contribution in [3.8, 4) is 5.75 Å². The van der Waals surface area contributed by atoms with Crippen molar-refractivity contribution >= 4 is 21.9 Å². The first kappa shape index (κ1) is 13.6. The van der Waals surface area contributed by atoms with Crippen molar-refractivity contribution in [2.24, 2.45) is 0 Å². The first-order chi connectivity index (χ1) is 9.06. The molecule has 3 nitrogen and oxygen atoms in total. The molecule has 0 saturated heterocycles. The molecule has 0 bridgehead atoms. The predicted octanol–water partition coefficient (Wildman–Crippen LogP) is 4.03. The summed E-state index contributed by atoms with van der Waals surface area (Å²) in [6.45, 7) is 2.30. The molecule has 0 saturated carbocycles. The Hall–Kier alpha value is -1.81. The van der Waals surface area contributed by atoms with Crippen LogP contribution in [0.4, 0.5) is 0 Å². The highest BCUT2D eigenvalue weighted by Gasteiger charge is 2.06. The van der Waals surface area contributed by atoms with Gasteiger partial charge in [-0.15, -0.1) is 0 Å². The third kappa shape index (κ3) is 3.58. The van der Waals surface area contributed by atoms with Crippen LogP contribution in [0.2, 0.25) is 0 Å². The van der Waals surface area contributed by atoms with Crippen LogP contribution >= 0.6 is 15.9 Å². The molecule has 0 radical (unpaired) electrons. The number of ether oxygens (including phenoxy) is 1. The van der Waals surface area contributed by atoms with Crippen molar-refractivity contribution in [3.05, 3.63) is 63.6 Å². The Bertz CT molecular complexity index is 591. The Kier molecular flexibility index (Phi) is 4.22. The van der Waals surface area contributed by atoms with Crippen LogP contribution < -0.4 is 4.74 Å². The Labute approximate surface area is 120 Å². The number of hydrogen-bond donors (Lipinski definition) is 1. The normalized spacial score (nSPS) is 10.2. The fourth-order valence-corrected chi connectivity index (χ4v) is 1.95. The van der Waals surface area contributed by atoms with Crippen LogP contribution in [-0.2, 0) is 6.61 Å². The molecule has 0 spiro atoms. The Balaban J connectivity index is 2.07. The molecule has 2 aromatic carbocycles. The van der Waals surface area contributed by atoms with Gasteiger partial charge in [0.2, 0.25) is 0 Å². The fraction of sp³-hybridized carbons (Fsp3) is 0.133. The molecule has 1 N–H and O–H groups in total. The Morgan fingerprint density at radius 1 is 1.21 bits per heavy atom. The predicted molar refractivity (Wildman–Crippen MR) is 76.6 cm³/mol.